The highest BCUT2D eigenvalue weighted by atomic mass is 32.2. The van der Waals surface area contributed by atoms with Crippen LogP contribution < -0.4 is 4.74 Å². The molecule has 0 saturated heterocycles. The number of aromatic carboxylic acids is 1. The highest BCUT2D eigenvalue weighted by Crippen LogP contribution is 2.26. The van der Waals surface area contributed by atoms with Crippen molar-refractivity contribution >= 4 is 39.1 Å². The molecule has 3 aromatic carbocycles. The van der Waals surface area contributed by atoms with Gasteiger partial charge < -0.3 is 18.8 Å². The molecular weight excluding hydrogens is 464 g/mol. The zero-order valence-electron chi connectivity index (χ0n) is 18.9. The number of carboxylic acids is 1. The van der Waals surface area contributed by atoms with Crippen LogP contribution in [0.3, 0.4) is 0 Å². The summed E-state index contributed by atoms with van der Waals surface area (Å²) in [4.78, 5) is 20.6. The van der Waals surface area contributed by atoms with E-state index in [0.717, 1.165) is 27.7 Å². The van der Waals surface area contributed by atoms with Crippen molar-refractivity contribution < 1.29 is 23.6 Å². The van der Waals surface area contributed by atoms with Crippen molar-refractivity contribution in [2.75, 3.05) is 0 Å². The van der Waals surface area contributed by atoms with Crippen LogP contribution in [0.1, 0.15) is 34.4 Å². The van der Waals surface area contributed by atoms with Gasteiger partial charge in [0, 0.05) is 10.9 Å². The van der Waals surface area contributed by atoms with E-state index in [9.17, 15) is 9.35 Å². The molecule has 2 aromatic heterocycles. The van der Waals surface area contributed by atoms with Crippen LogP contribution in [0.2, 0.25) is 0 Å². The number of ether oxygens (including phenoxy) is 1. The predicted octanol–water partition coefficient (Wildman–Crippen LogP) is 5.52. The van der Waals surface area contributed by atoms with Gasteiger partial charge in [-0.3, -0.25) is 0 Å². The minimum Gasteiger partial charge on any atom is -0.611 e. The van der Waals surface area contributed by atoms with Crippen molar-refractivity contribution in [1.82, 2.24) is 9.97 Å². The van der Waals surface area contributed by atoms with Gasteiger partial charge in [0.1, 0.15) is 23.6 Å². The summed E-state index contributed by atoms with van der Waals surface area (Å²) >= 11 is -1.30. The normalized spacial score (nSPS) is 12.2. The van der Waals surface area contributed by atoms with Crippen molar-refractivity contribution in [1.29, 1.82) is 0 Å². The number of hydrogen-bond donors (Lipinski definition) is 1. The Morgan fingerprint density at radius 1 is 1.06 bits per heavy atom. The Bertz CT molecular complexity index is 1510. The highest BCUT2D eigenvalue weighted by Gasteiger charge is 2.19. The van der Waals surface area contributed by atoms with E-state index >= 15 is 0 Å². The van der Waals surface area contributed by atoms with E-state index in [0.29, 0.717) is 34.8 Å². The SMILES string of the molecule is CCc1cc(C[S+]([O-])c2ccc(OCc3ccc4ccccc4n3)cc2)cc2oc(C(=O)O)nc12. The van der Waals surface area contributed by atoms with Crippen LogP contribution in [-0.2, 0) is 30.0 Å². The largest absolute Gasteiger partial charge is 0.611 e. The van der Waals surface area contributed by atoms with Gasteiger partial charge in [-0.2, -0.15) is 0 Å². The Kier molecular flexibility index (Phi) is 6.39. The van der Waals surface area contributed by atoms with Crippen molar-refractivity contribution in [2.45, 2.75) is 30.6 Å². The Hall–Kier alpha value is -3.88. The Morgan fingerprint density at radius 2 is 1.86 bits per heavy atom. The molecule has 5 rings (SSSR count). The molecule has 176 valence electrons. The number of fused-ring (bicyclic) bond motifs is 2. The molecule has 1 N–H and O–H groups in total. The smallest absolute Gasteiger partial charge is 0.392 e. The van der Waals surface area contributed by atoms with Crippen molar-refractivity contribution in [3.05, 3.63) is 95.5 Å². The fourth-order valence-electron chi connectivity index (χ4n) is 3.87. The second kappa shape index (κ2) is 9.77. The van der Waals surface area contributed by atoms with E-state index in [2.05, 4.69) is 9.97 Å². The molecule has 8 heteroatoms. The molecule has 0 aliphatic rings. The topological polar surface area (TPSA) is 109 Å². The number of para-hydroxylation sites is 1. The van der Waals surface area contributed by atoms with Gasteiger partial charge in [-0.15, -0.1) is 0 Å². The lowest BCUT2D eigenvalue weighted by Gasteiger charge is -2.12. The zero-order valence-corrected chi connectivity index (χ0v) is 19.7. The van der Waals surface area contributed by atoms with Gasteiger partial charge in [0.15, 0.2) is 10.5 Å². The molecule has 0 radical (unpaired) electrons. The number of pyridine rings is 1. The highest BCUT2D eigenvalue weighted by molar-refractivity contribution is 7.90. The third-order valence-corrected chi connectivity index (χ3v) is 7.02. The zero-order chi connectivity index (χ0) is 24.4. The third-order valence-electron chi connectivity index (χ3n) is 5.62. The molecule has 0 spiro atoms. The molecule has 7 nitrogen and oxygen atoms in total. The summed E-state index contributed by atoms with van der Waals surface area (Å²) in [5.74, 6) is -0.624. The molecule has 0 bridgehead atoms. The number of carbonyl (C=O) groups is 1. The average Bonchev–Trinajstić information content (AvgIpc) is 3.32. The first-order valence-corrected chi connectivity index (χ1v) is 12.4. The number of benzene rings is 3. The molecule has 0 aliphatic carbocycles. The molecule has 0 saturated carbocycles. The predicted molar refractivity (Wildman–Crippen MR) is 133 cm³/mol. The number of aromatic nitrogens is 2. The standard InChI is InChI=1S/C27H22N2O5S/c1-2-18-13-17(14-24-25(18)29-26(34-24)27(30)31)16-35(32)22-11-9-21(10-12-22)33-15-20-8-7-19-5-3-4-6-23(19)28-20/h3-14H,2,15-16H2,1H3,(H,30,31). The third kappa shape index (κ3) is 4.99. The van der Waals surface area contributed by atoms with E-state index < -0.39 is 17.1 Å². The van der Waals surface area contributed by atoms with Gasteiger partial charge in [0.25, 0.3) is 0 Å². The van der Waals surface area contributed by atoms with Crippen LogP contribution in [0.4, 0.5) is 0 Å². The molecule has 0 amide bonds. The lowest BCUT2D eigenvalue weighted by molar-refractivity contribution is 0.0656. The summed E-state index contributed by atoms with van der Waals surface area (Å²) in [6, 6.07) is 22.7. The first kappa shape index (κ1) is 22.9. The summed E-state index contributed by atoms with van der Waals surface area (Å²) < 4.78 is 24.2. The summed E-state index contributed by atoms with van der Waals surface area (Å²) in [7, 11) is 0. The van der Waals surface area contributed by atoms with E-state index in [1.54, 1.807) is 30.3 Å². The van der Waals surface area contributed by atoms with Crippen LogP contribution in [-0.4, -0.2) is 25.6 Å². The monoisotopic (exact) mass is 486 g/mol. The summed E-state index contributed by atoms with van der Waals surface area (Å²) in [5, 5.41) is 10.2. The molecule has 35 heavy (non-hydrogen) atoms. The summed E-state index contributed by atoms with van der Waals surface area (Å²) in [6.45, 7) is 2.29. The molecule has 0 fully saturated rings. The lowest BCUT2D eigenvalue weighted by atomic mass is 10.1. The van der Waals surface area contributed by atoms with Crippen LogP contribution in [0.5, 0.6) is 5.75 Å². The average molecular weight is 487 g/mol. The quantitative estimate of drug-likeness (QED) is 0.288. The second-order valence-corrected chi connectivity index (χ2v) is 9.48. The minimum absolute atomic E-state index is 0.271. The maximum atomic E-state index is 13.0. The van der Waals surface area contributed by atoms with E-state index in [1.807, 2.05) is 49.4 Å². The Balaban J connectivity index is 1.26. The van der Waals surface area contributed by atoms with E-state index in [4.69, 9.17) is 14.3 Å². The fourth-order valence-corrected chi connectivity index (χ4v) is 4.95. The lowest BCUT2D eigenvalue weighted by Crippen LogP contribution is -2.06. The molecular formula is C27H22N2O5S. The number of carboxylic acid groups (broad SMARTS) is 1. The Labute approximate surface area is 204 Å². The maximum Gasteiger partial charge on any atom is 0.392 e. The molecule has 5 aromatic rings. The maximum absolute atomic E-state index is 13.0. The summed E-state index contributed by atoms with van der Waals surface area (Å²) in [5.41, 5.74) is 4.33. The van der Waals surface area contributed by atoms with Gasteiger partial charge in [-0.25, -0.2) is 14.8 Å². The molecule has 2 heterocycles. The fraction of sp³-hybridized carbons (Fsp3) is 0.148. The van der Waals surface area contributed by atoms with Gasteiger partial charge in [-0.1, -0.05) is 31.2 Å². The number of aryl methyl sites for hydroxylation is 1. The van der Waals surface area contributed by atoms with Crippen LogP contribution in [0.25, 0.3) is 22.0 Å². The number of rotatable bonds is 8. The first-order valence-electron chi connectivity index (χ1n) is 11.1. The van der Waals surface area contributed by atoms with Crippen LogP contribution >= 0.6 is 0 Å². The number of nitrogens with zero attached hydrogens (tertiary/aromatic N) is 2. The number of oxazole rings is 1. The van der Waals surface area contributed by atoms with Crippen LogP contribution in [0, 0.1) is 0 Å². The van der Waals surface area contributed by atoms with Gasteiger partial charge in [0.2, 0.25) is 0 Å². The first-order chi connectivity index (χ1) is 17.0. The Morgan fingerprint density at radius 3 is 2.63 bits per heavy atom. The van der Waals surface area contributed by atoms with E-state index in [-0.39, 0.29) is 11.6 Å². The molecule has 1 atom stereocenters. The van der Waals surface area contributed by atoms with Crippen molar-refractivity contribution in [3.63, 3.8) is 0 Å². The minimum atomic E-state index is -1.30. The second-order valence-electron chi connectivity index (χ2n) is 8.02. The van der Waals surface area contributed by atoms with Gasteiger partial charge in [0.05, 0.1) is 11.2 Å². The number of hydrogen-bond acceptors (Lipinski definition) is 6. The van der Waals surface area contributed by atoms with Gasteiger partial charge >= 0.3 is 11.9 Å². The van der Waals surface area contributed by atoms with Crippen molar-refractivity contribution in [2.24, 2.45) is 0 Å². The summed E-state index contributed by atoms with van der Waals surface area (Å²) in [6.07, 6.45) is 0.653. The molecule has 0 aliphatic heterocycles. The van der Waals surface area contributed by atoms with E-state index in [1.165, 1.54) is 0 Å². The van der Waals surface area contributed by atoms with Crippen LogP contribution in [0.15, 0.2) is 82.1 Å². The van der Waals surface area contributed by atoms with Crippen molar-refractivity contribution in [3.8, 4) is 5.75 Å². The molecule has 1 unspecified atom stereocenters. The van der Waals surface area contributed by atoms with Gasteiger partial charge in [-0.05, 0) is 71.7 Å².